The van der Waals surface area contributed by atoms with Gasteiger partial charge in [-0.2, -0.15) is 11.3 Å². The van der Waals surface area contributed by atoms with Gasteiger partial charge in [-0.1, -0.05) is 0 Å². The van der Waals surface area contributed by atoms with Gasteiger partial charge < -0.3 is 10.4 Å². The number of carbonyl (C=O) groups is 1. The molecule has 0 bridgehead atoms. The minimum atomic E-state index is -0.0361. The van der Waals surface area contributed by atoms with E-state index in [0.717, 1.165) is 12.8 Å². The molecule has 1 aliphatic rings. The van der Waals surface area contributed by atoms with Gasteiger partial charge in [0.1, 0.15) is 0 Å². The van der Waals surface area contributed by atoms with Crippen LogP contribution < -0.4 is 5.32 Å². The van der Waals surface area contributed by atoms with Crippen LogP contribution in [-0.2, 0) is 0 Å². The van der Waals surface area contributed by atoms with Gasteiger partial charge >= 0.3 is 0 Å². The Balaban J connectivity index is 1.84. The van der Waals surface area contributed by atoms with Gasteiger partial charge in [0.05, 0.1) is 6.61 Å². The number of nitrogens with one attached hydrogen (secondary N) is 1. The van der Waals surface area contributed by atoms with Gasteiger partial charge in [0, 0.05) is 22.9 Å². The van der Waals surface area contributed by atoms with Crippen molar-refractivity contribution in [3.63, 3.8) is 0 Å². The maximum absolute atomic E-state index is 11.5. The number of thiophene rings is 1. The van der Waals surface area contributed by atoms with Crippen molar-refractivity contribution in [2.75, 3.05) is 13.2 Å². The summed E-state index contributed by atoms with van der Waals surface area (Å²) in [5.74, 6) is -0.0361. The number of hydrogen-bond acceptors (Lipinski definition) is 3. The third-order valence-electron chi connectivity index (χ3n) is 2.70. The van der Waals surface area contributed by atoms with Gasteiger partial charge in [-0.05, 0) is 24.3 Å². The van der Waals surface area contributed by atoms with Gasteiger partial charge in [0.15, 0.2) is 0 Å². The number of aliphatic hydroxyl groups excluding tert-OH is 1. The van der Waals surface area contributed by atoms with Crippen LogP contribution in [0.4, 0.5) is 0 Å². The third kappa shape index (κ3) is 1.96. The summed E-state index contributed by atoms with van der Waals surface area (Å²) >= 11 is 1.51. The SMILES string of the molecule is O=C(NCC1(CO)CC1)c1ccsc1. The lowest BCUT2D eigenvalue weighted by Gasteiger charge is -2.11. The zero-order valence-electron chi connectivity index (χ0n) is 7.82. The lowest BCUT2D eigenvalue weighted by molar-refractivity contribution is 0.0935. The highest BCUT2D eigenvalue weighted by atomic mass is 32.1. The lowest BCUT2D eigenvalue weighted by Crippen LogP contribution is -2.31. The first-order valence-corrected chi connectivity index (χ1v) is 5.61. The Kier molecular flexibility index (Phi) is 2.56. The summed E-state index contributed by atoms with van der Waals surface area (Å²) in [6, 6.07) is 1.80. The average molecular weight is 211 g/mol. The summed E-state index contributed by atoms with van der Waals surface area (Å²) in [5.41, 5.74) is 0.704. The smallest absolute Gasteiger partial charge is 0.252 e. The lowest BCUT2D eigenvalue weighted by atomic mass is 10.1. The molecule has 3 nitrogen and oxygen atoms in total. The monoisotopic (exact) mass is 211 g/mol. The normalized spacial score (nSPS) is 17.8. The van der Waals surface area contributed by atoms with E-state index in [1.165, 1.54) is 11.3 Å². The van der Waals surface area contributed by atoms with Crippen molar-refractivity contribution >= 4 is 17.2 Å². The Hall–Kier alpha value is -0.870. The molecule has 1 heterocycles. The molecule has 1 saturated carbocycles. The molecular weight excluding hydrogens is 198 g/mol. The Morgan fingerprint density at radius 2 is 2.43 bits per heavy atom. The molecule has 76 valence electrons. The molecule has 1 aliphatic carbocycles. The second-order valence-corrected chi connectivity index (χ2v) is 4.63. The van der Waals surface area contributed by atoms with E-state index < -0.39 is 0 Å². The Labute approximate surface area is 86.8 Å². The zero-order valence-corrected chi connectivity index (χ0v) is 8.64. The maximum atomic E-state index is 11.5. The van der Waals surface area contributed by atoms with E-state index in [9.17, 15) is 4.79 Å². The topological polar surface area (TPSA) is 49.3 Å². The van der Waals surface area contributed by atoms with Gasteiger partial charge in [-0.3, -0.25) is 4.79 Å². The fourth-order valence-corrected chi connectivity index (χ4v) is 1.97. The molecule has 0 unspecified atom stereocenters. The van der Waals surface area contributed by atoms with E-state index in [4.69, 9.17) is 5.11 Å². The molecule has 1 fully saturated rings. The second kappa shape index (κ2) is 3.71. The molecule has 14 heavy (non-hydrogen) atoms. The molecule has 2 N–H and O–H groups in total. The van der Waals surface area contributed by atoms with Gasteiger partial charge in [-0.25, -0.2) is 0 Å². The Morgan fingerprint density at radius 3 is 2.93 bits per heavy atom. The Morgan fingerprint density at radius 1 is 1.64 bits per heavy atom. The van der Waals surface area contributed by atoms with E-state index in [1.807, 2.05) is 10.8 Å². The third-order valence-corrected chi connectivity index (χ3v) is 3.38. The highest BCUT2D eigenvalue weighted by molar-refractivity contribution is 7.08. The summed E-state index contributed by atoms with van der Waals surface area (Å²) in [4.78, 5) is 11.5. The van der Waals surface area contributed by atoms with Crippen LogP contribution in [0.25, 0.3) is 0 Å². The molecule has 0 spiro atoms. The van der Waals surface area contributed by atoms with Crippen molar-refractivity contribution in [1.82, 2.24) is 5.32 Å². The quantitative estimate of drug-likeness (QED) is 0.787. The molecule has 0 aliphatic heterocycles. The molecule has 0 aromatic carbocycles. The molecule has 1 aromatic rings. The van der Waals surface area contributed by atoms with E-state index >= 15 is 0 Å². The fraction of sp³-hybridized carbons (Fsp3) is 0.500. The van der Waals surface area contributed by atoms with Crippen molar-refractivity contribution in [3.05, 3.63) is 22.4 Å². The predicted molar refractivity (Wildman–Crippen MR) is 55.4 cm³/mol. The Bertz CT molecular complexity index is 317. The van der Waals surface area contributed by atoms with Crippen LogP contribution in [0.2, 0.25) is 0 Å². The first-order valence-electron chi connectivity index (χ1n) is 4.67. The standard InChI is InChI=1S/C10H13NO2S/c12-7-10(2-3-10)6-11-9(13)8-1-4-14-5-8/h1,4-5,12H,2-3,6-7H2,(H,11,13). The molecule has 1 amide bonds. The summed E-state index contributed by atoms with van der Waals surface area (Å²) in [6.45, 7) is 0.773. The zero-order chi connectivity index (χ0) is 10.0. The first-order chi connectivity index (χ1) is 6.76. The van der Waals surface area contributed by atoms with Gasteiger partial charge in [-0.15, -0.1) is 0 Å². The van der Waals surface area contributed by atoms with E-state index in [0.29, 0.717) is 12.1 Å². The molecule has 4 heteroatoms. The minimum absolute atomic E-state index is 0.00825. The van der Waals surface area contributed by atoms with Crippen molar-refractivity contribution in [2.24, 2.45) is 5.41 Å². The number of aliphatic hydroxyl groups is 1. The van der Waals surface area contributed by atoms with Crippen LogP contribution in [0.3, 0.4) is 0 Å². The van der Waals surface area contributed by atoms with Crippen LogP contribution >= 0.6 is 11.3 Å². The van der Waals surface area contributed by atoms with Crippen LogP contribution in [0.15, 0.2) is 16.8 Å². The van der Waals surface area contributed by atoms with E-state index in [1.54, 1.807) is 6.07 Å². The molecular formula is C10H13NO2S. The van der Waals surface area contributed by atoms with Gasteiger partial charge in [0.2, 0.25) is 0 Å². The predicted octanol–water partition coefficient (Wildman–Crippen LogP) is 1.25. The largest absolute Gasteiger partial charge is 0.396 e. The maximum Gasteiger partial charge on any atom is 0.252 e. The molecule has 0 radical (unpaired) electrons. The van der Waals surface area contributed by atoms with E-state index in [-0.39, 0.29) is 17.9 Å². The number of amides is 1. The first kappa shape index (κ1) is 9.68. The van der Waals surface area contributed by atoms with E-state index in [2.05, 4.69) is 5.32 Å². The second-order valence-electron chi connectivity index (χ2n) is 3.85. The number of hydrogen-bond donors (Lipinski definition) is 2. The van der Waals surface area contributed by atoms with Crippen LogP contribution in [0.5, 0.6) is 0 Å². The average Bonchev–Trinajstić information content (AvgIpc) is 2.78. The molecule has 2 rings (SSSR count). The van der Waals surface area contributed by atoms with Crippen molar-refractivity contribution in [3.8, 4) is 0 Å². The van der Waals surface area contributed by atoms with Crippen LogP contribution in [0.1, 0.15) is 23.2 Å². The minimum Gasteiger partial charge on any atom is -0.396 e. The number of rotatable bonds is 4. The van der Waals surface area contributed by atoms with Crippen LogP contribution in [0, 0.1) is 5.41 Å². The molecule has 1 aromatic heterocycles. The highest BCUT2D eigenvalue weighted by Crippen LogP contribution is 2.44. The molecule has 0 saturated heterocycles. The summed E-state index contributed by atoms with van der Waals surface area (Å²) < 4.78 is 0. The fourth-order valence-electron chi connectivity index (χ4n) is 1.33. The van der Waals surface area contributed by atoms with Gasteiger partial charge in [0.25, 0.3) is 5.91 Å². The van der Waals surface area contributed by atoms with Crippen molar-refractivity contribution < 1.29 is 9.90 Å². The molecule has 0 atom stereocenters. The van der Waals surface area contributed by atoms with Crippen molar-refractivity contribution in [1.29, 1.82) is 0 Å². The summed E-state index contributed by atoms with van der Waals surface area (Å²) in [5, 5.41) is 15.6. The number of carbonyl (C=O) groups excluding carboxylic acids is 1. The highest BCUT2D eigenvalue weighted by Gasteiger charge is 2.42. The summed E-state index contributed by atoms with van der Waals surface area (Å²) in [6.07, 6.45) is 2.04. The summed E-state index contributed by atoms with van der Waals surface area (Å²) in [7, 11) is 0. The van der Waals surface area contributed by atoms with Crippen LogP contribution in [-0.4, -0.2) is 24.2 Å². The van der Waals surface area contributed by atoms with Crippen molar-refractivity contribution in [2.45, 2.75) is 12.8 Å².